The third-order valence-corrected chi connectivity index (χ3v) is 4.90. The predicted octanol–water partition coefficient (Wildman–Crippen LogP) is 4.17. The Labute approximate surface area is 122 Å². The molecule has 2 aliphatic carbocycles. The van der Waals surface area contributed by atoms with E-state index in [1.165, 1.54) is 24.8 Å². The first kappa shape index (κ1) is 13.9. The smallest absolute Gasteiger partial charge is 0.124 e. The van der Waals surface area contributed by atoms with E-state index in [1.54, 1.807) is 0 Å². The van der Waals surface area contributed by atoms with Crippen molar-refractivity contribution in [3.8, 4) is 5.75 Å². The maximum absolute atomic E-state index is 6.03. The number of nitrogens with one attached hydrogen (secondary N) is 1. The Hall–Kier alpha value is -1.02. The van der Waals surface area contributed by atoms with Gasteiger partial charge in [-0.15, -0.1) is 0 Å². The van der Waals surface area contributed by atoms with Crippen molar-refractivity contribution in [3.05, 3.63) is 29.8 Å². The summed E-state index contributed by atoms with van der Waals surface area (Å²) < 4.78 is 6.03. The second-order valence-corrected chi connectivity index (χ2v) is 6.58. The molecule has 2 fully saturated rings. The third kappa shape index (κ3) is 2.58. The number of para-hydroxylation sites is 1. The van der Waals surface area contributed by atoms with Crippen molar-refractivity contribution in [2.75, 3.05) is 6.54 Å². The highest BCUT2D eigenvalue weighted by Gasteiger charge is 2.56. The molecule has 3 atom stereocenters. The van der Waals surface area contributed by atoms with Gasteiger partial charge in [0.15, 0.2) is 0 Å². The highest BCUT2D eigenvalue weighted by atomic mass is 16.5. The molecule has 1 aromatic carbocycles. The van der Waals surface area contributed by atoms with Crippen LogP contribution in [0, 0.1) is 17.8 Å². The number of hydrogen-bond acceptors (Lipinski definition) is 2. The summed E-state index contributed by atoms with van der Waals surface area (Å²) in [4.78, 5) is 0. The fraction of sp³-hybridized carbons (Fsp3) is 0.667. The van der Waals surface area contributed by atoms with Crippen LogP contribution in [0.4, 0.5) is 0 Å². The van der Waals surface area contributed by atoms with Gasteiger partial charge in [0.2, 0.25) is 0 Å². The minimum atomic E-state index is 0.233. The molecule has 3 unspecified atom stereocenters. The molecule has 0 heterocycles. The van der Waals surface area contributed by atoms with Crippen molar-refractivity contribution < 1.29 is 4.74 Å². The first-order chi connectivity index (χ1) is 9.72. The van der Waals surface area contributed by atoms with Crippen LogP contribution in [0.5, 0.6) is 5.75 Å². The first-order valence-corrected chi connectivity index (χ1v) is 8.21. The molecule has 110 valence electrons. The van der Waals surface area contributed by atoms with Crippen molar-refractivity contribution in [1.29, 1.82) is 0 Å². The van der Waals surface area contributed by atoms with Crippen LogP contribution in [-0.4, -0.2) is 12.6 Å². The van der Waals surface area contributed by atoms with Crippen molar-refractivity contribution in [2.24, 2.45) is 17.8 Å². The Morgan fingerprint density at radius 1 is 1.20 bits per heavy atom. The number of fused-ring (bicyclic) bond motifs is 1. The Morgan fingerprint density at radius 2 is 1.90 bits per heavy atom. The fourth-order valence-electron chi connectivity index (χ4n) is 4.14. The maximum Gasteiger partial charge on any atom is 0.124 e. The molecule has 0 radical (unpaired) electrons. The quantitative estimate of drug-likeness (QED) is 0.840. The van der Waals surface area contributed by atoms with Crippen LogP contribution in [0.2, 0.25) is 0 Å². The zero-order valence-electron chi connectivity index (χ0n) is 12.9. The van der Waals surface area contributed by atoms with Gasteiger partial charge in [-0.3, -0.25) is 0 Å². The van der Waals surface area contributed by atoms with E-state index >= 15 is 0 Å². The van der Waals surface area contributed by atoms with E-state index in [1.807, 2.05) is 0 Å². The van der Waals surface area contributed by atoms with Gasteiger partial charge in [0.25, 0.3) is 0 Å². The number of benzene rings is 1. The summed E-state index contributed by atoms with van der Waals surface area (Å²) in [6.45, 7) is 7.43. The van der Waals surface area contributed by atoms with E-state index in [2.05, 4.69) is 50.4 Å². The molecule has 0 aromatic heterocycles. The lowest BCUT2D eigenvalue weighted by atomic mass is 9.96. The number of rotatable bonds is 6. The van der Waals surface area contributed by atoms with Crippen LogP contribution < -0.4 is 10.1 Å². The minimum absolute atomic E-state index is 0.233. The molecule has 1 N–H and O–H groups in total. The average Bonchev–Trinajstić information content (AvgIpc) is 2.88. The molecule has 0 spiro atoms. The van der Waals surface area contributed by atoms with Gasteiger partial charge in [0.1, 0.15) is 5.75 Å². The summed E-state index contributed by atoms with van der Waals surface area (Å²) in [5.41, 5.74) is 1.36. The van der Waals surface area contributed by atoms with Crippen molar-refractivity contribution in [3.63, 3.8) is 0 Å². The molecule has 0 amide bonds. The van der Waals surface area contributed by atoms with Crippen LogP contribution in [0.15, 0.2) is 24.3 Å². The second-order valence-electron chi connectivity index (χ2n) is 6.58. The van der Waals surface area contributed by atoms with Crippen LogP contribution in [0.25, 0.3) is 0 Å². The summed E-state index contributed by atoms with van der Waals surface area (Å²) in [5.74, 6) is 3.83. The largest absolute Gasteiger partial charge is 0.491 e. The molecular formula is C18H27NO. The van der Waals surface area contributed by atoms with Crippen molar-refractivity contribution >= 4 is 0 Å². The van der Waals surface area contributed by atoms with Gasteiger partial charge in [-0.05, 0) is 57.1 Å². The van der Waals surface area contributed by atoms with Gasteiger partial charge >= 0.3 is 0 Å². The fourth-order valence-corrected chi connectivity index (χ4v) is 4.14. The zero-order chi connectivity index (χ0) is 14.1. The standard InChI is InChI=1S/C18H27NO/c1-4-19-18(17-13-9-7-10-14(13)17)15-8-5-6-11-16(15)20-12(2)3/h5-6,8,11-14,17-19H,4,7,9-10H2,1-3H3. The van der Waals surface area contributed by atoms with Gasteiger partial charge < -0.3 is 10.1 Å². The monoisotopic (exact) mass is 273 g/mol. The lowest BCUT2D eigenvalue weighted by Crippen LogP contribution is -2.25. The molecule has 2 nitrogen and oxygen atoms in total. The third-order valence-electron chi connectivity index (χ3n) is 4.90. The Morgan fingerprint density at radius 3 is 2.55 bits per heavy atom. The lowest BCUT2D eigenvalue weighted by Gasteiger charge is -2.24. The van der Waals surface area contributed by atoms with Gasteiger partial charge in [-0.1, -0.05) is 31.5 Å². The molecule has 0 aliphatic heterocycles. The van der Waals surface area contributed by atoms with Gasteiger partial charge in [0.05, 0.1) is 6.10 Å². The highest BCUT2D eigenvalue weighted by Crippen LogP contribution is 2.62. The molecule has 0 bridgehead atoms. The van der Waals surface area contributed by atoms with Gasteiger partial charge in [0, 0.05) is 11.6 Å². The molecule has 3 rings (SSSR count). The van der Waals surface area contributed by atoms with E-state index in [-0.39, 0.29) is 6.10 Å². The van der Waals surface area contributed by atoms with E-state index in [0.717, 1.165) is 30.0 Å². The first-order valence-electron chi connectivity index (χ1n) is 8.21. The van der Waals surface area contributed by atoms with E-state index in [9.17, 15) is 0 Å². The van der Waals surface area contributed by atoms with Crippen LogP contribution >= 0.6 is 0 Å². The number of hydrogen-bond donors (Lipinski definition) is 1. The van der Waals surface area contributed by atoms with Crippen LogP contribution in [-0.2, 0) is 0 Å². The molecule has 20 heavy (non-hydrogen) atoms. The summed E-state index contributed by atoms with van der Waals surface area (Å²) in [7, 11) is 0. The maximum atomic E-state index is 6.03. The van der Waals surface area contributed by atoms with E-state index in [0.29, 0.717) is 6.04 Å². The molecule has 0 saturated heterocycles. The van der Waals surface area contributed by atoms with Gasteiger partial charge in [-0.2, -0.15) is 0 Å². The highest BCUT2D eigenvalue weighted by molar-refractivity contribution is 5.38. The molecule has 2 heteroatoms. The zero-order valence-corrected chi connectivity index (χ0v) is 12.9. The molecule has 2 aliphatic rings. The molecule has 2 saturated carbocycles. The average molecular weight is 273 g/mol. The Balaban J connectivity index is 1.84. The summed E-state index contributed by atoms with van der Waals surface area (Å²) in [5, 5.41) is 3.72. The van der Waals surface area contributed by atoms with E-state index < -0.39 is 0 Å². The SMILES string of the molecule is CCNC(c1ccccc1OC(C)C)C1C2CCCC21. The normalized spacial score (nSPS) is 29.3. The van der Waals surface area contributed by atoms with Crippen LogP contribution in [0.3, 0.4) is 0 Å². The topological polar surface area (TPSA) is 21.3 Å². The lowest BCUT2D eigenvalue weighted by molar-refractivity contribution is 0.236. The number of ether oxygens (including phenoxy) is 1. The van der Waals surface area contributed by atoms with Gasteiger partial charge in [-0.25, -0.2) is 0 Å². The Bertz CT molecular complexity index is 446. The van der Waals surface area contributed by atoms with E-state index in [4.69, 9.17) is 4.74 Å². The van der Waals surface area contributed by atoms with Crippen molar-refractivity contribution in [1.82, 2.24) is 5.32 Å². The molecule has 1 aromatic rings. The summed E-state index contributed by atoms with van der Waals surface area (Å²) in [6, 6.07) is 9.07. The summed E-state index contributed by atoms with van der Waals surface area (Å²) >= 11 is 0. The molecular weight excluding hydrogens is 246 g/mol. The minimum Gasteiger partial charge on any atom is -0.491 e. The van der Waals surface area contributed by atoms with Crippen LogP contribution in [0.1, 0.15) is 51.6 Å². The second kappa shape index (κ2) is 5.77. The predicted molar refractivity (Wildman–Crippen MR) is 82.9 cm³/mol. The Kier molecular flexibility index (Phi) is 4.02. The van der Waals surface area contributed by atoms with Crippen molar-refractivity contribution in [2.45, 2.75) is 52.2 Å². The summed E-state index contributed by atoms with van der Waals surface area (Å²) in [6.07, 6.45) is 4.54.